The first kappa shape index (κ1) is 24.8. The molecule has 11 heteroatoms. The van der Waals surface area contributed by atoms with Gasteiger partial charge in [-0.3, -0.25) is 4.57 Å². The highest BCUT2D eigenvalue weighted by Gasteiger charge is 2.56. The second-order valence-electron chi connectivity index (χ2n) is 7.09. The van der Waals surface area contributed by atoms with Gasteiger partial charge in [-0.1, -0.05) is 12.1 Å². The fourth-order valence-electron chi connectivity index (χ4n) is 2.33. The van der Waals surface area contributed by atoms with Crippen LogP contribution in [0.5, 0.6) is 5.75 Å². The largest absolute Gasteiger partial charge is 0.494 e. The number of rotatable bonds is 11. The maximum atomic E-state index is 12.8. The number of ether oxygens (including phenoxy) is 1. The first-order valence-corrected chi connectivity index (χ1v) is 10.4. The SMILES string of the molecule is C[C@@](N)(CCc1ccc(OCCCC(F)(F)C(F)(F)F)cc1)CCP(=O)(O)O. The molecule has 0 aliphatic rings. The Morgan fingerprint density at radius 2 is 1.61 bits per heavy atom. The van der Waals surface area contributed by atoms with E-state index in [9.17, 15) is 26.5 Å². The maximum absolute atomic E-state index is 12.8. The van der Waals surface area contributed by atoms with Crippen LogP contribution < -0.4 is 10.5 Å². The van der Waals surface area contributed by atoms with Gasteiger partial charge in [0.15, 0.2) is 0 Å². The number of nitrogens with two attached hydrogens (primary N) is 1. The second kappa shape index (κ2) is 9.52. The molecule has 0 radical (unpaired) electrons. The smallest absolute Gasteiger partial charge is 0.453 e. The van der Waals surface area contributed by atoms with Crippen LogP contribution in [0.15, 0.2) is 24.3 Å². The van der Waals surface area contributed by atoms with Gasteiger partial charge in [0.05, 0.1) is 12.8 Å². The molecule has 0 amide bonds. The molecule has 0 heterocycles. The standard InChI is InChI=1S/C17H25F5NO4P/c1-15(23,10-12-28(24,25)26)9-7-13-3-5-14(6-4-13)27-11-2-8-16(18,19)17(20,21)22/h3-6H,2,7-12,23H2,1H3,(H2,24,25,26)/t15-/m1/s1. The van der Waals surface area contributed by atoms with Crippen molar-refractivity contribution in [3.05, 3.63) is 29.8 Å². The zero-order valence-electron chi connectivity index (χ0n) is 15.4. The summed E-state index contributed by atoms with van der Waals surface area (Å²) in [6, 6.07) is 6.55. The van der Waals surface area contributed by atoms with Crippen molar-refractivity contribution in [1.29, 1.82) is 0 Å². The van der Waals surface area contributed by atoms with Gasteiger partial charge in [0, 0.05) is 12.0 Å². The zero-order chi connectivity index (χ0) is 21.6. The van der Waals surface area contributed by atoms with E-state index in [0.29, 0.717) is 18.6 Å². The van der Waals surface area contributed by atoms with E-state index in [1.165, 1.54) is 0 Å². The molecule has 0 spiro atoms. The molecule has 0 saturated carbocycles. The molecule has 0 aliphatic heterocycles. The predicted molar refractivity (Wildman–Crippen MR) is 94.6 cm³/mol. The minimum atomic E-state index is -5.56. The quantitative estimate of drug-likeness (QED) is 0.276. The summed E-state index contributed by atoms with van der Waals surface area (Å²) in [5.74, 6) is -4.38. The van der Waals surface area contributed by atoms with Crippen LogP contribution in [-0.4, -0.2) is 40.2 Å². The van der Waals surface area contributed by atoms with Gasteiger partial charge in [0.25, 0.3) is 0 Å². The van der Waals surface area contributed by atoms with Crippen molar-refractivity contribution >= 4 is 7.60 Å². The molecule has 0 unspecified atom stereocenters. The highest BCUT2D eigenvalue weighted by Crippen LogP contribution is 2.39. The van der Waals surface area contributed by atoms with Gasteiger partial charge in [-0.05, 0) is 50.3 Å². The van der Waals surface area contributed by atoms with E-state index >= 15 is 0 Å². The Hall–Kier alpha value is -1.22. The molecule has 28 heavy (non-hydrogen) atoms. The van der Waals surface area contributed by atoms with Gasteiger partial charge in [-0.15, -0.1) is 0 Å². The number of hydrogen-bond donors (Lipinski definition) is 3. The first-order valence-electron chi connectivity index (χ1n) is 8.61. The fraction of sp³-hybridized carbons (Fsp3) is 0.647. The van der Waals surface area contributed by atoms with E-state index < -0.39 is 38.1 Å². The Morgan fingerprint density at radius 1 is 1.04 bits per heavy atom. The molecular weight excluding hydrogens is 408 g/mol. The summed E-state index contributed by atoms with van der Waals surface area (Å²) in [7, 11) is -4.10. The first-order chi connectivity index (χ1) is 12.6. The van der Waals surface area contributed by atoms with Gasteiger partial charge in [-0.2, -0.15) is 22.0 Å². The van der Waals surface area contributed by atoms with E-state index in [1.54, 1.807) is 31.2 Å². The van der Waals surface area contributed by atoms with Crippen molar-refractivity contribution in [3.63, 3.8) is 0 Å². The number of benzene rings is 1. The molecule has 0 aromatic heterocycles. The van der Waals surface area contributed by atoms with E-state index in [1.807, 2.05) is 0 Å². The minimum absolute atomic E-state index is 0.168. The lowest BCUT2D eigenvalue weighted by molar-refractivity contribution is -0.284. The molecule has 0 saturated heterocycles. The average molecular weight is 433 g/mol. The summed E-state index contributed by atoms with van der Waals surface area (Å²) >= 11 is 0. The maximum Gasteiger partial charge on any atom is 0.453 e. The average Bonchev–Trinajstić information content (AvgIpc) is 2.55. The van der Waals surface area contributed by atoms with E-state index in [2.05, 4.69) is 0 Å². The van der Waals surface area contributed by atoms with Crippen LogP contribution in [0.3, 0.4) is 0 Å². The van der Waals surface area contributed by atoms with Gasteiger partial charge < -0.3 is 20.3 Å². The van der Waals surface area contributed by atoms with Crippen molar-refractivity contribution in [1.82, 2.24) is 0 Å². The monoisotopic (exact) mass is 433 g/mol. The van der Waals surface area contributed by atoms with Crippen molar-refractivity contribution in [3.8, 4) is 5.75 Å². The van der Waals surface area contributed by atoms with Crippen LogP contribution in [0.1, 0.15) is 38.2 Å². The lowest BCUT2D eigenvalue weighted by Gasteiger charge is -2.24. The van der Waals surface area contributed by atoms with Gasteiger partial charge >= 0.3 is 19.7 Å². The number of aryl methyl sites for hydroxylation is 1. The molecule has 1 aromatic carbocycles. The lowest BCUT2D eigenvalue weighted by atomic mass is 9.92. The molecule has 1 aromatic rings. The molecule has 0 fully saturated rings. The Bertz CT molecular complexity index is 659. The van der Waals surface area contributed by atoms with Gasteiger partial charge in [0.2, 0.25) is 0 Å². The van der Waals surface area contributed by atoms with Gasteiger partial charge in [0.1, 0.15) is 5.75 Å². The van der Waals surface area contributed by atoms with E-state index in [4.69, 9.17) is 20.3 Å². The summed E-state index contributed by atoms with van der Waals surface area (Å²) < 4.78 is 77.8. The molecule has 0 bridgehead atoms. The van der Waals surface area contributed by atoms with E-state index in [-0.39, 0.29) is 19.2 Å². The summed E-state index contributed by atoms with van der Waals surface area (Å²) in [5.41, 5.74) is 6.17. The summed E-state index contributed by atoms with van der Waals surface area (Å²) in [5, 5.41) is 0. The number of halogens is 5. The third kappa shape index (κ3) is 9.32. The Balaban J connectivity index is 2.40. The normalized spacial score (nSPS) is 15.3. The van der Waals surface area contributed by atoms with Gasteiger partial charge in [-0.25, -0.2) is 0 Å². The highest BCUT2D eigenvalue weighted by atomic mass is 31.2. The second-order valence-corrected chi connectivity index (χ2v) is 8.87. The van der Waals surface area contributed by atoms with Crippen LogP contribution >= 0.6 is 7.60 Å². The predicted octanol–water partition coefficient (Wildman–Crippen LogP) is 4.26. The molecule has 1 atom stereocenters. The Morgan fingerprint density at radius 3 is 2.11 bits per heavy atom. The lowest BCUT2D eigenvalue weighted by Crippen LogP contribution is -2.37. The topological polar surface area (TPSA) is 92.8 Å². The fourth-order valence-corrected chi connectivity index (χ4v) is 3.14. The van der Waals surface area contributed by atoms with Crippen LogP contribution in [0.25, 0.3) is 0 Å². The summed E-state index contributed by atoms with van der Waals surface area (Å²) in [4.78, 5) is 17.8. The Kier molecular flexibility index (Phi) is 8.44. The number of hydrogen-bond acceptors (Lipinski definition) is 3. The van der Waals surface area contributed by atoms with Crippen LogP contribution in [0, 0.1) is 0 Å². The zero-order valence-corrected chi connectivity index (χ0v) is 16.3. The van der Waals surface area contributed by atoms with Crippen LogP contribution in [0.4, 0.5) is 22.0 Å². The molecule has 4 N–H and O–H groups in total. The summed E-state index contributed by atoms with van der Waals surface area (Å²) in [6.45, 7) is 1.44. The van der Waals surface area contributed by atoms with Crippen LogP contribution in [-0.2, 0) is 11.0 Å². The molecule has 5 nitrogen and oxygen atoms in total. The van der Waals surface area contributed by atoms with E-state index in [0.717, 1.165) is 5.56 Å². The van der Waals surface area contributed by atoms with Crippen molar-refractivity contribution in [2.24, 2.45) is 5.73 Å². The number of alkyl halides is 5. The minimum Gasteiger partial charge on any atom is -0.494 e. The molecule has 0 aliphatic carbocycles. The summed E-state index contributed by atoms with van der Waals surface area (Å²) in [6.07, 6.45) is -6.43. The molecular formula is C17H25F5NO4P. The van der Waals surface area contributed by atoms with Crippen molar-refractivity contribution < 1.29 is 41.0 Å². The Labute approximate surface area is 160 Å². The van der Waals surface area contributed by atoms with Crippen molar-refractivity contribution in [2.75, 3.05) is 12.8 Å². The van der Waals surface area contributed by atoms with Crippen LogP contribution in [0.2, 0.25) is 0 Å². The van der Waals surface area contributed by atoms with Crippen molar-refractivity contribution in [2.45, 2.75) is 56.7 Å². The third-order valence-electron chi connectivity index (χ3n) is 4.20. The third-order valence-corrected chi connectivity index (χ3v) is 5.01. The highest BCUT2D eigenvalue weighted by molar-refractivity contribution is 7.51. The molecule has 162 valence electrons. The molecule has 1 rings (SSSR count).